The Balaban J connectivity index is 1.84. The number of thiazole rings is 1. The molecule has 3 heterocycles. The molecule has 0 bridgehead atoms. The zero-order chi connectivity index (χ0) is 14.8. The third kappa shape index (κ3) is 2.79. The van der Waals surface area contributed by atoms with E-state index in [0.717, 1.165) is 10.8 Å². The average Bonchev–Trinajstić information content (AvgIpc) is 3.08. The fourth-order valence-corrected chi connectivity index (χ4v) is 2.41. The molecule has 1 N–H and O–H groups in total. The molecule has 8 heteroatoms. The van der Waals surface area contributed by atoms with Crippen LogP contribution < -0.4 is 5.32 Å². The standard InChI is InChI=1S/C13H12N6OS/c1-8-14-3-4-19(8)12-5-11(15-7-16-12)18-13(20)10-6-21-9(2)17-10/h3-7H,1-2H3,(H,15,16,18,20). The molecule has 21 heavy (non-hydrogen) atoms. The van der Waals surface area contributed by atoms with Crippen molar-refractivity contribution in [1.82, 2.24) is 24.5 Å². The van der Waals surface area contributed by atoms with E-state index in [1.807, 2.05) is 18.4 Å². The van der Waals surface area contributed by atoms with Crippen LogP contribution in [-0.4, -0.2) is 30.4 Å². The van der Waals surface area contributed by atoms with Crippen molar-refractivity contribution in [2.45, 2.75) is 13.8 Å². The molecule has 0 aromatic carbocycles. The number of carbonyl (C=O) groups excluding carboxylic acids is 1. The van der Waals surface area contributed by atoms with E-state index in [4.69, 9.17) is 0 Å². The Morgan fingerprint density at radius 1 is 1.29 bits per heavy atom. The van der Waals surface area contributed by atoms with Gasteiger partial charge in [0.05, 0.1) is 5.01 Å². The van der Waals surface area contributed by atoms with Crippen molar-refractivity contribution < 1.29 is 4.79 Å². The first-order valence-corrected chi connectivity index (χ1v) is 7.07. The van der Waals surface area contributed by atoms with Crippen molar-refractivity contribution in [3.05, 3.63) is 46.7 Å². The lowest BCUT2D eigenvalue weighted by Crippen LogP contribution is -2.14. The molecule has 0 fully saturated rings. The first kappa shape index (κ1) is 13.4. The lowest BCUT2D eigenvalue weighted by molar-refractivity contribution is 0.102. The molecule has 3 rings (SSSR count). The Morgan fingerprint density at radius 2 is 2.14 bits per heavy atom. The van der Waals surface area contributed by atoms with Crippen LogP contribution in [0.4, 0.5) is 5.82 Å². The lowest BCUT2D eigenvalue weighted by atomic mass is 10.4. The average molecular weight is 300 g/mol. The smallest absolute Gasteiger partial charge is 0.276 e. The second kappa shape index (κ2) is 5.41. The van der Waals surface area contributed by atoms with Gasteiger partial charge in [-0.1, -0.05) is 0 Å². The highest BCUT2D eigenvalue weighted by Crippen LogP contribution is 2.13. The van der Waals surface area contributed by atoms with Crippen LogP contribution in [0.1, 0.15) is 21.3 Å². The summed E-state index contributed by atoms with van der Waals surface area (Å²) in [6, 6.07) is 1.69. The van der Waals surface area contributed by atoms with Gasteiger partial charge in [-0.05, 0) is 13.8 Å². The van der Waals surface area contributed by atoms with Gasteiger partial charge in [0.15, 0.2) is 0 Å². The minimum atomic E-state index is -0.286. The molecular weight excluding hydrogens is 288 g/mol. The lowest BCUT2D eigenvalue weighted by Gasteiger charge is -2.06. The number of hydrogen-bond donors (Lipinski definition) is 1. The second-order valence-corrected chi connectivity index (χ2v) is 5.37. The Labute approximate surface area is 124 Å². The van der Waals surface area contributed by atoms with Gasteiger partial charge in [-0.2, -0.15) is 0 Å². The molecular formula is C13H12N6OS. The summed E-state index contributed by atoms with van der Waals surface area (Å²) in [6.45, 7) is 3.73. The van der Waals surface area contributed by atoms with E-state index in [2.05, 4.69) is 25.3 Å². The Morgan fingerprint density at radius 3 is 2.81 bits per heavy atom. The molecule has 0 radical (unpaired) electrons. The Hall–Kier alpha value is -2.61. The fourth-order valence-electron chi connectivity index (χ4n) is 1.82. The number of imidazole rings is 1. The summed E-state index contributed by atoms with van der Waals surface area (Å²) in [5, 5.41) is 5.27. The Kier molecular flexibility index (Phi) is 3.44. The van der Waals surface area contributed by atoms with Crippen LogP contribution >= 0.6 is 11.3 Å². The predicted octanol–water partition coefficient (Wildman–Crippen LogP) is 1.99. The highest BCUT2D eigenvalue weighted by Gasteiger charge is 2.11. The first-order chi connectivity index (χ1) is 10.1. The van der Waals surface area contributed by atoms with Crippen molar-refractivity contribution in [2.75, 3.05) is 5.32 Å². The predicted molar refractivity (Wildman–Crippen MR) is 78.7 cm³/mol. The third-order valence-electron chi connectivity index (χ3n) is 2.82. The zero-order valence-electron chi connectivity index (χ0n) is 11.4. The molecule has 106 valence electrons. The van der Waals surface area contributed by atoms with Crippen LogP contribution in [0.5, 0.6) is 0 Å². The largest absolute Gasteiger partial charge is 0.305 e. The summed E-state index contributed by atoms with van der Waals surface area (Å²) in [5.41, 5.74) is 0.386. The number of nitrogens with one attached hydrogen (secondary N) is 1. The molecule has 0 atom stereocenters. The number of hydrogen-bond acceptors (Lipinski definition) is 6. The molecule has 3 aromatic rings. The molecule has 0 aliphatic rings. The molecule has 7 nitrogen and oxygen atoms in total. The summed E-state index contributed by atoms with van der Waals surface area (Å²) < 4.78 is 1.81. The minimum absolute atomic E-state index is 0.286. The maximum atomic E-state index is 12.0. The van der Waals surface area contributed by atoms with Gasteiger partial charge in [0.25, 0.3) is 5.91 Å². The summed E-state index contributed by atoms with van der Waals surface area (Å²) >= 11 is 1.43. The molecule has 0 aliphatic heterocycles. The molecule has 3 aromatic heterocycles. The van der Waals surface area contributed by atoms with Crippen LogP contribution in [0.25, 0.3) is 5.82 Å². The van der Waals surface area contributed by atoms with Crippen molar-refractivity contribution in [3.63, 3.8) is 0 Å². The molecule has 0 spiro atoms. The van der Waals surface area contributed by atoms with E-state index in [0.29, 0.717) is 17.3 Å². The summed E-state index contributed by atoms with van der Waals surface area (Å²) in [4.78, 5) is 28.6. The maximum absolute atomic E-state index is 12.0. The van der Waals surface area contributed by atoms with Crippen molar-refractivity contribution >= 4 is 23.1 Å². The van der Waals surface area contributed by atoms with Crippen LogP contribution in [0.3, 0.4) is 0 Å². The minimum Gasteiger partial charge on any atom is -0.305 e. The fraction of sp³-hybridized carbons (Fsp3) is 0.154. The van der Waals surface area contributed by atoms with Gasteiger partial charge < -0.3 is 5.32 Å². The van der Waals surface area contributed by atoms with Crippen molar-refractivity contribution in [1.29, 1.82) is 0 Å². The zero-order valence-corrected chi connectivity index (χ0v) is 12.3. The number of rotatable bonds is 3. The highest BCUT2D eigenvalue weighted by molar-refractivity contribution is 7.09. The molecule has 1 amide bonds. The van der Waals surface area contributed by atoms with Gasteiger partial charge in [0, 0.05) is 23.8 Å². The van der Waals surface area contributed by atoms with E-state index in [-0.39, 0.29) is 5.91 Å². The summed E-state index contributed by atoms with van der Waals surface area (Å²) in [6.07, 6.45) is 4.89. The molecule has 0 saturated heterocycles. The highest BCUT2D eigenvalue weighted by atomic mass is 32.1. The molecule has 0 unspecified atom stereocenters. The topological polar surface area (TPSA) is 85.6 Å². The second-order valence-electron chi connectivity index (χ2n) is 4.31. The summed E-state index contributed by atoms with van der Waals surface area (Å²) in [5.74, 6) is 1.58. The van der Waals surface area contributed by atoms with Crippen molar-refractivity contribution in [3.8, 4) is 5.82 Å². The number of nitrogens with zero attached hydrogens (tertiary/aromatic N) is 5. The summed E-state index contributed by atoms with van der Waals surface area (Å²) in [7, 11) is 0. The number of carbonyl (C=O) groups is 1. The number of amides is 1. The van der Waals surface area contributed by atoms with Gasteiger partial charge in [-0.15, -0.1) is 11.3 Å². The SMILES string of the molecule is Cc1nc(C(=O)Nc2cc(-n3ccnc3C)ncn2)cs1. The van der Waals surface area contributed by atoms with Crippen LogP contribution in [0.15, 0.2) is 30.2 Å². The van der Waals surface area contributed by atoms with E-state index in [1.54, 1.807) is 23.8 Å². The van der Waals surface area contributed by atoms with Gasteiger partial charge >= 0.3 is 0 Å². The van der Waals surface area contributed by atoms with E-state index in [1.165, 1.54) is 17.7 Å². The number of anilines is 1. The molecule has 0 aliphatic carbocycles. The number of aromatic nitrogens is 5. The van der Waals surface area contributed by atoms with Crippen LogP contribution in [0.2, 0.25) is 0 Å². The van der Waals surface area contributed by atoms with Gasteiger partial charge in [-0.25, -0.2) is 19.9 Å². The third-order valence-corrected chi connectivity index (χ3v) is 3.59. The first-order valence-electron chi connectivity index (χ1n) is 6.19. The van der Waals surface area contributed by atoms with E-state index >= 15 is 0 Å². The monoisotopic (exact) mass is 300 g/mol. The number of aryl methyl sites for hydroxylation is 2. The Bertz CT molecular complexity index is 793. The van der Waals surface area contributed by atoms with Crippen LogP contribution in [0, 0.1) is 13.8 Å². The quantitative estimate of drug-likeness (QED) is 0.799. The van der Waals surface area contributed by atoms with Gasteiger partial charge in [0.2, 0.25) is 0 Å². The van der Waals surface area contributed by atoms with E-state index < -0.39 is 0 Å². The maximum Gasteiger partial charge on any atom is 0.276 e. The van der Waals surface area contributed by atoms with Gasteiger partial charge in [0.1, 0.15) is 29.5 Å². The van der Waals surface area contributed by atoms with Crippen LogP contribution in [-0.2, 0) is 0 Å². The van der Waals surface area contributed by atoms with Gasteiger partial charge in [-0.3, -0.25) is 9.36 Å². The normalized spacial score (nSPS) is 10.6. The van der Waals surface area contributed by atoms with Crippen molar-refractivity contribution in [2.24, 2.45) is 0 Å². The van der Waals surface area contributed by atoms with E-state index in [9.17, 15) is 4.79 Å². The molecule has 0 saturated carbocycles.